The molecule has 0 aromatic carbocycles. The lowest BCUT2D eigenvalue weighted by Gasteiger charge is -2.34. The lowest BCUT2D eigenvalue weighted by Crippen LogP contribution is -2.48. The van der Waals surface area contributed by atoms with Crippen LogP contribution in [-0.2, 0) is 7.05 Å². The summed E-state index contributed by atoms with van der Waals surface area (Å²) < 4.78 is 1.98. The number of carbonyl (C=O) groups excluding carboxylic acids is 1. The summed E-state index contributed by atoms with van der Waals surface area (Å²) in [5.74, 6) is 0.733. The first-order chi connectivity index (χ1) is 12.2. The number of anilines is 1. The normalized spacial score (nSPS) is 17.6. The van der Waals surface area contributed by atoms with Gasteiger partial charge in [0.05, 0.1) is 11.6 Å². The minimum absolute atomic E-state index is 0.0528. The standard InChI is InChI=1S/C17H19N7O/c1-23-8-4-13-15(23)20-11-21-16(13)24-7-2-3-12(10-24)22-17(25)14-9-18-5-6-19-14/h4-6,8-9,11-12H,2-3,7,10H2,1H3,(H,22,25). The Bertz CT molecular complexity index is 892. The van der Waals surface area contributed by atoms with Crippen LogP contribution in [0.4, 0.5) is 5.82 Å². The van der Waals surface area contributed by atoms with Gasteiger partial charge in [0.25, 0.3) is 5.91 Å². The van der Waals surface area contributed by atoms with Crippen LogP contribution in [0.2, 0.25) is 0 Å². The highest BCUT2D eigenvalue weighted by Gasteiger charge is 2.24. The topological polar surface area (TPSA) is 88.8 Å². The van der Waals surface area contributed by atoms with Gasteiger partial charge in [0.2, 0.25) is 0 Å². The number of aromatic nitrogens is 5. The molecule has 1 aliphatic heterocycles. The van der Waals surface area contributed by atoms with E-state index in [9.17, 15) is 4.79 Å². The zero-order chi connectivity index (χ0) is 17.2. The predicted molar refractivity (Wildman–Crippen MR) is 93.2 cm³/mol. The van der Waals surface area contributed by atoms with E-state index in [2.05, 4.69) is 30.2 Å². The van der Waals surface area contributed by atoms with Gasteiger partial charge in [0.1, 0.15) is 23.5 Å². The first kappa shape index (κ1) is 15.5. The molecule has 8 nitrogen and oxygen atoms in total. The number of hydrogen-bond acceptors (Lipinski definition) is 6. The largest absolute Gasteiger partial charge is 0.354 e. The summed E-state index contributed by atoms with van der Waals surface area (Å²) in [6.45, 7) is 1.63. The lowest BCUT2D eigenvalue weighted by molar-refractivity contribution is 0.0927. The summed E-state index contributed by atoms with van der Waals surface area (Å²) in [6.07, 6.45) is 10.1. The third-order valence-electron chi connectivity index (χ3n) is 4.49. The van der Waals surface area contributed by atoms with E-state index in [4.69, 9.17) is 0 Å². The summed E-state index contributed by atoms with van der Waals surface area (Å²) in [5, 5.41) is 4.09. The lowest BCUT2D eigenvalue weighted by atomic mass is 10.1. The van der Waals surface area contributed by atoms with Crippen molar-refractivity contribution < 1.29 is 4.79 Å². The van der Waals surface area contributed by atoms with Gasteiger partial charge in [0, 0.05) is 44.8 Å². The van der Waals surface area contributed by atoms with Gasteiger partial charge < -0.3 is 14.8 Å². The Hall–Kier alpha value is -3.03. The van der Waals surface area contributed by atoms with Crippen LogP contribution < -0.4 is 10.2 Å². The van der Waals surface area contributed by atoms with Crippen molar-refractivity contribution in [3.8, 4) is 0 Å². The molecule has 0 spiro atoms. The van der Waals surface area contributed by atoms with E-state index in [-0.39, 0.29) is 11.9 Å². The number of nitrogens with one attached hydrogen (secondary N) is 1. The van der Waals surface area contributed by atoms with E-state index in [0.29, 0.717) is 12.2 Å². The van der Waals surface area contributed by atoms with Gasteiger partial charge in [-0.05, 0) is 18.9 Å². The van der Waals surface area contributed by atoms with Crippen LogP contribution in [0.5, 0.6) is 0 Å². The number of rotatable bonds is 3. The van der Waals surface area contributed by atoms with Crippen LogP contribution in [0.3, 0.4) is 0 Å². The van der Waals surface area contributed by atoms with E-state index in [1.54, 1.807) is 12.5 Å². The highest BCUT2D eigenvalue weighted by atomic mass is 16.2. The molecule has 1 unspecified atom stereocenters. The van der Waals surface area contributed by atoms with Crippen LogP contribution in [0.1, 0.15) is 23.3 Å². The maximum Gasteiger partial charge on any atom is 0.271 e. The van der Waals surface area contributed by atoms with E-state index in [1.165, 1.54) is 12.4 Å². The SMILES string of the molecule is Cn1ccc2c(N3CCCC(NC(=O)c4cnccn4)C3)ncnc21. The van der Waals surface area contributed by atoms with Crippen LogP contribution in [0.25, 0.3) is 11.0 Å². The summed E-state index contributed by atoms with van der Waals surface area (Å²) in [4.78, 5) is 31.4. The minimum Gasteiger partial charge on any atom is -0.354 e. The number of nitrogens with zero attached hydrogens (tertiary/aromatic N) is 6. The molecule has 8 heteroatoms. The second kappa shape index (κ2) is 6.46. The predicted octanol–water partition coefficient (Wildman–Crippen LogP) is 1.16. The van der Waals surface area contributed by atoms with Crippen molar-refractivity contribution >= 4 is 22.8 Å². The van der Waals surface area contributed by atoms with Crippen LogP contribution in [-0.4, -0.2) is 49.5 Å². The van der Waals surface area contributed by atoms with Crippen molar-refractivity contribution in [2.24, 2.45) is 7.05 Å². The Morgan fingerprint density at radius 1 is 1.28 bits per heavy atom. The Labute approximate surface area is 144 Å². The quantitative estimate of drug-likeness (QED) is 0.771. The van der Waals surface area contributed by atoms with E-state index >= 15 is 0 Å². The molecule has 25 heavy (non-hydrogen) atoms. The molecule has 1 saturated heterocycles. The van der Waals surface area contributed by atoms with Gasteiger partial charge in [-0.1, -0.05) is 0 Å². The van der Waals surface area contributed by atoms with Crippen molar-refractivity contribution in [3.63, 3.8) is 0 Å². The van der Waals surface area contributed by atoms with E-state index < -0.39 is 0 Å². The van der Waals surface area contributed by atoms with Gasteiger partial charge in [-0.2, -0.15) is 0 Å². The molecule has 1 aliphatic rings. The summed E-state index contributed by atoms with van der Waals surface area (Å²) in [7, 11) is 1.97. The van der Waals surface area contributed by atoms with Crippen LogP contribution in [0, 0.1) is 0 Å². The summed E-state index contributed by atoms with van der Waals surface area (Å²) in [5.41, 5.74) is 1.25. The van der Waals surface area contributed by atoms with Crippen LogP contribution >= 0.6 is 0 Å². The molecular formula is C17H19N7O. The van der Waals surface area contributed by atoms with Gasteiger partial charge in [0.15, 0.2) is 0 Å². The fourth-order valence-electron chi connectivity index (χ4n) is 3.28. The molecule has 1 atom stereocenters. The second-order valence-electron chi connectivity index (χ2n) is 6.21. The molecule has 128 valence electrons. The van der Waals surface area contributed by atoms with Crippen molar-refractivity contribution in [1.82, 2.24) is 29.8 Å². The Balaban J connectivity index is 1.52. The van der Waals surface area contributed by atoms with Gasteiger partial charge >= 0.3 is 0 Å². The molecule has 1 fully saturated rings. The summed E-state index contributed by atoms with van der Waals surface area (Å²) in [6, 6.07) is 2.09. The highest BCUT2D eigenvalue weighted by Crippen LogP contribution is 2.26. The molecule has 0 saturated carbocycles. The average molecular weight is 337 g/mol. The number of aryl methyl sites for hydroxylation is 1. The average Bonchev–Trinajstić information content (AvgIpc) is 3.04. The molecule has 4 heterocycles. The smallest absolute Gasteiger partial charge is 0.271 e. The Morgan fingerprint density at radius 3 is 3.04 bits per heavy atom. The van der Waals surface area contributed by atoms with Crippen molar-refractivity contribution in [1.29, 1.82) is 0 Å². The molecule has 1 N–H and O–H groups in total. The van der Waals surface area contributed by atoms with Crippen molar-refractivity contribution in [2.75, 3.05) is 18.0 Å². The third kappa shape index (κ3) is 3.02. The number of amides is 1. The number of carbonyl (C=O) groups is 1. The molecule has 3 aromatic rings. The minimum atomic E-state index is -0.188. The first-order valence-electron chi connectivity index (χ1n) is 8.30. The molecule has 0 radical (unpaired) electrons. The molecule has 0 bridgehead atoms. The summed E-state index contributed by atoms with van der Waals surface area (Å²) >= 11 is 0. The highest BCUT2D eigenvalue weighted by molar-refractivity contribution is 5.92. The fraction of sp³-hybridized carbons (Fsp3) is 0.353. The first-order valence-corrected chi connectivity index (χ1v) is 8.30. The van der Waals surface area contributed by atoms with Crippen molar-refractivity contribution in [2.45, 2.75) is 18.9 Å². The maximum absolute atomic E-state index is 12.3. The third-order valence-corrected chi connectivity index (χ3v) is 4.49. The number of hydrogen-bond donors (Lipinski definition) is 1. The molecule has 0 aliphatic carbocycles. The van der Waals surface area contributed by atoms with Gasteiger partial charge in [-0.25, -0.2) is 15.0 Å². The molecule has 3 aromatic heterocycles. The Morgan fingerprint density at radius 2 is 2.20 bits per heavy atom. The number of fused-ring (bicyclic) bond motifs is 1. The molecule has 1 amide bonds. The fourth-order valence-corrected chi connectivity index (χ4v) is 3.28. The zero-order valence-corrected chi connectivity index (χ0v) is 14.0. The van der Waals surface area contributed by atoms with Crippen LogP contribution in [0.15, 0.2) is 37.2 Å². The van der Waals surface area contributed by atoms with E-state index in [1.807, 2.05) is 23.9 Å². The zero-order valence-electron chi connectivity index (χ0n) is 14.0. The van der Waals surface area contributed by atoms with Crippen molar-refractivity contribution in [3.05, 3.63) is 42.9 Å². The molecule has 4 rings (SSSR count). The second-order valence-corrected chi connectivity index (χ2v) is 6.21. The maximum atomic E-state index is 12.3. The Kier molecular flexibility index (Phi) is 4.01. The number of piperidine rings is 1. The molecular weight excluding hydrogens is 318 g/mol. The van der Waals surface area contributed by atoms with Gasteiger partial charge in [-0.15, -0.1) is 0 Å². The van der Waals surface area contributed by atoms with E-state index in [0.717, 1.165) is 36.2 Å². The van der Waals surface area contributed by atoms with Gasteiger partial charge in [-0.3, -0.25) is 9.78 Å². The monoisotopic (exact) mass is 337 g/mol.